The van der Waals surface area contributed by atoms with Crippen molar-refractivity contribution in [3.63, 3.8) is 0 Å². The summed E-state index contributed by atoms with van der Waals surface area (Å²) in [5, 5.41) is 8.89. The van der Waals surface area contributed by atoms with Crippen LogP contribution in [0.4, 0.5) is 0 Å². The maximum absolute atomic E-state index is 8.89. The Morgan fingerprint density at radius 2 is 1.64 bits per heavy atom. The van der Waals surface area contributed by atoms with Gasteiger partial charge in [-0.25, -0.2) is 0 Å². The van der Waals surface area contributed by atoms with E-state index >= 15 is 0 Å². The molecule has 1 fully saturated rings. The first-order valence-corrected chi connectivity index (χ1v) is 5.46. The fraction of sp³-hybridized carbons (Fsp3) is 0.917. The van der Waals surface area contributed by atoms with E-state index in [0.717, 1.165) is 0 Å². The number of nitrogens with zero attached hydrogens (tertiary/aromatic N) is 2. The number of hydrogen-bond donors (Lipinski definition) is 0. The molecule has 0 amide bonds. The van der Waals surface area contributed by atoms with Crippen LogP contribution in [0.3, 0.4) is 0 Å². The lowest BCUT2D eigenvalue weighted by molar-refractivity contribution is 0.0563. The molecule has 80 valence electrons. The van der Waals surface area contributed by atoms with Crippen molar-refractivity contribution in [2.24, 2.45) is 5.41 Å². The van der Waals surface area contributed by atoms with Gasteiger partial charge in [0.15, 0.2) is 0 Å². The van der Waals surface area contributed by atoms with E-state index in [4.69, 9.17) is 5.26 Å². The molecule has 14 heavy (non-hydrogen) atoms. The van der Waals surface area contributed by atoms with E-state index in [-0.39, 0.29) is 5.54 Å². The Morgan fingerprint density at radius 3 is 2.00 bits per heavy atom. The first-order chi connectivity index (χ1) is 6.42. The van der Waals surface area contributed by atoms with Crippen LogP contribution in [0.5, 0.6) is 0 Å². The van der Waals surface area contributed by atoms with Crippen molar-refractivity contribution in [3.8, 4) is 6.07 Å². The summed E-state index contributed by atoms with van der Waals surface area (Å²) in [7, 11) is 4.21. The van der Waals surface area contributed by atoms with Gasteiger partial charge in [-0.2, -0.15) is 5.26 Å². The number of hydrogen-bond acceptors (Lipinski definition) is 2. The summed E-state index contributed by atoms with van der Waals surface area (Å²) in [6.45, 7) is 4.66. The Hall–Kier alpha value is -0.550. The third kappa shape index (κ3) is 2.27. The molecular weight excluding hydrogens is 172 g/mol. The molecule has 2 nitrogen and oxygen atoms in total. The summed E-state index contributed by atoms with van der Waals surface area (Å²) in [6, 6.07) is 2.35. The molecule has 0 bridgehead atoms. The molecule has 0 aromatic rings. The monoisotopic (exact) mass is 194 g/mol. The summed E-state index contributed by atoms with van der Waals surface area (Å²) in [5.41, 5.74) is 0.638. The molecule has 1 aliphatic rings. The van der Waals surface area contributed by atoms with E-state index in [1.807, 2.05) is 0 Å². The van der Waals surface area contributed by atoms with E-state index < -0.39 is 0 Å². The van der Waals surface area contributed by atoms with Gasteiger partial charge in [0.05, 0.1) is 12.5 Å². The van der Waals surface area contributed by atoms with Crippen LogP contribution >= 0.6 is 0 Å². The first kappa shape index (κ1) is 11.5. The van der Waals surface area contributed by atoms with E-state index in [9.17, 15) is 0 Å². The highest BCUT2D eigenvalue weighted by Gasteiger charge is 2.39. The van der Waals surface area contributed by atoms with Crippen LogP contribution in [-0.2, 0) is 0 Å². The van der Waals surface area contributed by atoms with E-state index in [1.54, 1.807) is 0 Å². The summed E-state index contributed by atoms with van der Waals surface area (Å²) in [4.78, 5) is 2.26. The average molecular weight is 194 g/mol. The zero-order valence-corrected chi connectivity index (χ0v) is 9.93. The normalized spacial score (nSPS) is 24.6. The fourth-order valence-electron chi connectivity index (χ4n) is 2.32. The van der Waals surface area contributed by atoms with Crippen LogP contribution in [0, 0.1) is 16.7 Å². The third-order valence-electron chi connectivity index (χ3n) is 3.89. The van der Waals surface area contributed by atoms with Crippen LogP contribution in [-0.4, -0.2) is 24.5 Å². The fourth-order valence-corrected chi connectivity index (χ4v) is 2.32. The lowest BCUT2D eigenvalue weighted by Crippen LogP contribution is -2.48. The molecule has 0 atom stereocenters. The highest BCUT2D eigenvalue weighted by Crippen LogP contribution is 2.43. The Kier molecular flexibility index (Phi) is 3.21. The van der Waals surface area contributed by atoms with Gasteiger partial charge < -0.3 is 4.90 Å². The predicted molar refractivity (Wildman–Crippen MR) is 58.9 cm³/mol. The van der Waals surface area contributed by atoms with Crippen LogP contribution in [0.25, 0.3) is 0 Å². The van der Waals surface area contributed by atoms with Crippen molar-refractivity contribution >= 4 is 0 Å². The quantitative estimate of drug-likeness (QED) is 0.676. The Balaban J connectivity index is 2.70. The van der Waals surface area contributed by atoms with Gasteiger partial charge in [-0.3, -0.25) is 0 Å². The number of nitriles is 1. The molecule has 0 aromatic heterocycles. The second-order valence-corrected chi connectivity index (χ2v) is 5.62. The van der Waals surface area contributed by atoms with Gasteiger partial charge in [0.1, 0.15) is 0 Å². The van der Waals surface area contributed by atoms with Gasteiger partial charge in [0.2, 0.25) is 0 Å². The molecule has 0 spiro atoms. The molecule has 0 aliphatic heterocycles. The molecule has 0 N–H and O–H groups in total. The molecule has 0 saturated heterocycles. The van der Waals surface area contributed by atoms with Crippen LogP contribution in [0.1, 0.15) is 46.0 Å². The Morgan fingerprint density at radius 1 is 1.14 bits per heavy atom. The van der Waals surface area contributed by atoms with Gasteiger partial charge in [0.25, 0.3) is 0 Å². The zero-order chi connectivity index (χ0) is 10.8. The average Bonchev–Trinajstić information content (AvgIpc) is 2.09. The maximum Gasteiger partial charge on any atom is 0.0641 e. The summed E-state index contributed by atoms with van der Waals surface area (Å²) >= 11 is 0. The molecule has 2 heteroatoms. The first-order valence-electron chi connectivity index (χ1n) is 5.46. The molecule has 1 rings (SSSR count). The van der Waals surface area contributed by atoms with Crippen LogP contribution < -0.4 is 0 Å². The summed E-state index contributed by atoms with van der Waals surface area (Å²) in [5.74, 6) is 0. The SMILES string of the molecule is CN(C)C1(CC#N)CCC(C)(C)CC1. The zero-order valence-electron chi connectivity index (χ0n) is 9.93. The van der Waals surface area contributed by atoms with Crippen molar-refractivity contribution in [2.45, 2.75) is 51.5 Å². The van der Waals surface area contributed by atoms with Gasteiger partial charge in [0, 0.05) is 5.54 Å². The molecular formula is C12H22N2. The Bertz CT molecular complexity index is 225. The molecule has 1 saturated carbocycles. The molecule has 0 heterocycles. The second kappa shape index (κ2) is 3.90. The van der Waals surface area contributed by atoms with Crippen LogP contribution in [0.2, 0.25) is 0 Å². The minimum Gasteiger partial charge on any atom is -0.303 e. The smallest absolute Gasteiger partial charge is 0.0641 e. The van der Waals surface area contributed by atoms with E-state index in [0.29, 0.717) is 11.8 Å². The largest absolute Gasteiger partial charge is 0.303 e. The van der Waals surface area contributed by atoms with Crippen molar-refractivity contribution in [3.05, 3.63) is 0 Å². The van der Waals surface area contributed by atoms with E-state index in [2.05, 4.69) is 38.9 Å². The standard InChI is InChI=1S/C12H22N2/c1-11(2)5-7-12(8-6-11,9-10-13)14(3)4/h5-9H2,1-4H3. The molecule has 0 aromatic carbocycles. The third-order valence-corrected chi connectivity index (χ3v) is 3.89. The minimum absolute atomic E-state index is 0.157. The summed E-state index contributed by atoms with van der Waals surface area (Å²) in [6.07, 6.45) is 5.50. The van der Waals surface area contributed by atoms with Gasteiger partial charge in [-0.1, -0.05) is 13.8 Å². The van der Waals surface area contributed by atoms with Gasteiger partial charge in [-0.05, 0) is 45.2 Å². The summed E-state index contributed by atoms with van der Waals surface area (Å²) < 4.78 is 0. The van der Waals surface area contributed by atoms with Crippen molar-refractivity contribution in [1.29, 1.82) is 5.26 Å². The molecule has 1 aliphatic carbocycles. The predicted octanol–water partition coefficient (Wildman–Crippen LogP) is 2.80. The van der Waals surface area contributed by atoms with Crippen LogP contribution in [0.15, 0.2) is 0 Å². The Labute approximate surface area is 87.9 Å². The lowest BCUT2D eigenvalue weighted by Gasteiger charge is -2.46. The molecule has 0 unspecified atom stereocenters. The van der Waals surface area contributed by atoms with Gasteiger partial charge >= 0.3 is 0 Å². The second-order valence-electron chi connectivity index (χ2n) is 5.62. The van der Waals surface area contributed by atoms with Crippen molar-refractivity contribution in [2.75, 3.05) is 14.1 Å². The molecule has 0 radical (unpaired) electrons. The highest BCUT2D eigenvalue weighted by molar-refractivity contribution is 5.00. The maximum atomic E-state index is 8.89. The van der Waals surface area contributed by atoms with Gasteiger partial charge in [-0.15, -0.1) is 0 Å². The van der Waals surface area contributed by atoms with E-state index in [1.165, 1.54) is 25.7 Å². The van der Waals surface area contributed by atoms with Crippen molar-refractivity contribution in [1.82, 2.24) is 4.90 Å². The van der Waals surface area contributed by atoms with Crippen molar-refractivity contribution < 1.29 is 0 Å². The highest BCUT2D eigenvalue weighted by atomic mass is 15.1. The minimum atomic E-state index is 0.157. The topological polar surface area (TPSA) is 27.0 Å². The lowest BCUT2D eigenvalue weighted by atomic mass is 9.68. The number of rotatable bonds is 2.